The molecule has 0 aliphatic carbocycles. The predicted octanol–water partition coefficient (Wildman–Crippen LogP) is 0.272. The number of nitrogens with zero attached hydrogens (tertiary/aromatic N) is 2. The minimum atomic E-state index is -3.35. The SMILES string of the molecule is CC(C)NCCCN(C)S(=O)(=O)N1CCOCC1C. The van der Waals surface area contributed by atoms with Crippen LogP contribution < -0.4 is 5.32 Å². The van der Waals surface area contributed by atoms with Gasteiger partial charge in [-0.1, -0.05) is 13.8 Å². The molecule has 1 N–H and O–H groups in total. The summed E-state index contributed by atoms with van der Waals surface area (Å²) >= 11 is 0. The van der Waals surface area contributed by atoms with Crippen molar-refractivity contribution in [3.8, 4) is 0 Å². The lowest BCUT2D eigenvalue weighted by Crippen LogP contribution is -2.52. The zero-order chi connectivity index (χ0) is 14.5. The number of ether oxygens (including phenoxy) is 1. The van der Waals surface area contributed by atoms with Crippen LogP contribution in [0, 0.1) is 0 Å². The van der Waals surface area contributed by atoms with E-state index in [0.29, 0.717) is 32.3 Å². The molecule has 1 unspecified atom stereocenters. The van der Waals surface area contributed by atoms with E-state index in [1.165, 1.54) is 8.61 Å². The van der Waals surface area contributed by atoms with Gasteiger partial charge >= 0.3 is 0 Å². The van der Waals surface area contributed by atoms with E-state index in [0.717, 1.165) is 13.0 Å². The Balaban J connectivity index is 2.46. The molecule has 0 amide bonds. The van der Waals surface area contributed by atoms with Gasteiger partial charge in [0.1, 0.15) is 0 Å². The first kappa shape index (κ1) is 16.8. The van der Waals surface area contributed by atoms with Crippen LogP contribution in [0.2, 0.25) is 0 Å². The van der Waals surface area contributed by atoms with Gasteiger partial charge in [-0.3, -0.25) is 0 Å². The van der Waals surface area contributed by atoms with Crippen molar-refractivity contribution < 1.29 is 13.2 Å². The van der Waals surface area contributed by atoms with Gasteiger partial charge < -0.3 is 10.1 Å². The summed E-state index contributed by atoms with van der Waals surface area (Å²) in [6.07, 6.45) is 0.812. The van der Waals surface area contributed by atoms with E-state index in [1.54, 1.807) is 7.05 Å². The van der Waals surface area contributed by atoms with Crippen molar-refractivity contribution in [1.82, 2.24) is 13.9 Å². The summed E-state index contributed by atoms with van der Waals surface area (Å²) in [5.74, 6) is 0. The van der Waals surface area contributed by atoms with Crippen molar-refractivity contribution in [2.45, 2.75) is 39.3 Å². The van der Waals surface area contributed by atoms with Crippen molar-refractivity contribution in [3.63, 3.8) is 0 Å². The smallest absolute Gasteiger partial charge is 0.282 e. The van der Waals surface area contributed by atoms with Gasteiger partial charge in [0.05, 0.1) is 13.2 Å². The van der Waals surface area contributed by atoms with Crippen LogP contribution >= 0.6 is 0 Å². The van der Waals surface area contributed by atoms with Crippen molar-refractivity contribution in [2.75, 3.05) is 39.9 Å². The fourth-order valence-electron chi connectivity index (χ4n) is 2.04. The van der Waals surface area contributed by atoms with Crippen LogP contribution in [0.25, 0.3) is 0 Å². The highest BCUT2D eigenvalue weighted by molar-refractivity contribution is 7.86. The topological polar surface area (TPSA) is 61.9 Å². The second-order valence-electron chi connectivity index (χ2n) is 5.33. The minimum Gasteiger partial charge on any atom is -0.378 e. The lowest BCUT2D eigenvalue weighted by molar-refractivity contribution is 0.0367. The molecule has 0 aromatic heterocycles. The first-order valence-corrected chi connectivity index (χ1v) is 8.29. The Labute approximate surface area is 117 Å². The highest BCUT2D eigenvalue weighted by Gasteiger charge is 2.32. The number of nitrogens with one attached hydrogen (secondary N) is 1. The van der Waals surface area contributed by atoms with Crippen molar-refractivity contribution in [3.05, 3.63) is 0 Å². The van der Waals surface area contributed by atoms with E-state index in [-0.39, 0.29) is 6.04 Å². The lowest BCUT2D eigenvalue weighted by atomic mass is 10.3. The van der Waals surface area contributed by atoms with E-state index in [1.807, 2.05) is 6.92 Å². The van der Waals surface area contributed by atoms with Crippen LogP contribution in [-0.2, 0) is 14.9 Å². The van der Waals surface area contributed by atoms with Crippen LogP contribution in [-0.4, -0.2) is 69.0 Å². The highest BCUT2D eigenvalue weighted by Crippen LogP contribution is 2.14. The molecule has 114 valence electrons. The maximum absolute atomic E-state index is 12.4. The number of hydrogen-bond acceptors (Lipinski definition) is 4. The Morgan fingerprint density at radius 2 is 2.16 bits per heavy atom. The predicted molar refractivity (Wildman–Crippen MR) is 76.3 cm³/mol. The van der Waals surface area contributed by atoms with E-state index < -0.39 is 10.2 Å². The molecule has 0 radical (unpaired) electrons. The third kappa shape index (κ3) is 5.00. The Morgan fingerprint density at radius 1 is 1.47 bits per heavy atom. The van der Waals surface area contributed by atoms with Crippen molar-refractivity contribution in [1.29, 1.82) is 0 Å². The Hall–Kier alpha value is -0.210. The molecule has 1 aliphatic rings. The van der Waals surface area contributed by atoms with Gasteiger partial charge in [-0.25, -0.2) is 0 Å². The maximum atomic E-state index is 12.4. The molecule has 0 spiro atoms. The molecular formula is C12H27N3O3S. The molecule has 1 atom stereocenters. The third-order valence-electron chi connectivity index (χ3n) is 3.20. The molecule has 1 fully saturated rings. The summed E-state index contributed by atoms with van der Waals surface area (Å²) in [4.78, 5) is 0. The monoisotopic (exact) mass is 293 g/mol. The van der Waals surface area contributed by atoms with Gasteiger partial charge in [0.2, 0.25) is 0 Å². The lowest BCUT2D eigenvalue weighted by Gasteiger charge is -2.35. The average Bonchev–Trinajstić information content (AvgIpc) is 2.34. The zero-order valence-corrected chi connectivity index (χ0v) is 13.2. The Kier molecular flexibility index (Phi) is 6.68. The summed E-state index contributed by atoms with van der Waals surface area (Å²) in [5, 5.41) is 3.29. The van der Waals surface area contributed by atoms with Crippen LogP contribution in [0.15, 0.2) is 0 Å². The van der Waals surface area contributed by atoms with Crippen LogP contribution in [0.3, 0.4) is 0 Å². The van der Waals surface area contributed by atoms with E-state index in [9.17, 15) is 8.42 Å². The molecule has 0 aromatic rings. The van der Waals surface area contributed by atoms with Gasteiger partial charge in [-0.15, -0.1) is 0 Å². The van der Waals surface area contributed by atoms with E-state index in [4.69, 9.17) is 4.74 Å². The minimum absolute atomic E-state index is 0.0880. The van der Waals surface area contributed by atoms with Gasteiger partial charge in [0.15, 0.2) is 0 Å². The molecule has 1 aliphatic heterocycles. The highest BCUT2D eigenvalue weighted by atomic mass is 32.2. The molecule has 0 saturated carbocycles. The summed E-state index contributed by atoms with van der Waals surface area (Å²) in [7, 11) is -1.71. The number of rotatable bonds is 7. The van der Waals surface area contributed by atoms with Gasteiger partial charge in [0, 0.05) is 32.2 Å². The molecule has 1 heterocycles. The first-order valence-electron chi connectivity index (χ1n) is 6.90. The number of morpholine rings is 1. The maximum Gasteiger partial charge on any atom is 0.282 e. The van der Waals surface area contributed by atoms with E-state index in [2.05, 4.69) is 19.2 Å². The fourth-order valence-corrected chi connectivity index (χ4v) is 3.58. The second-order valence-corrected chi connectivity index (χ2v) is 7.31. The second kappa shape index (κ2) is 7.54. The average molecular weight is 293 g/mol. The summed E-state index contributed by atoms with van der Waals surface area (Å²) < 4.78 is 33.1. The molecular weight excluding hydrogens is 266 g/mol. The normalized spacial score (nSPS) is 22.3. The molecule has 1 rings (SSSR count). The van der Waals surface area contributed by atoms with Gasteiger partial charge in [-0.2, -0.15) is 17.0 Å². The van der Waals surface area contributed by atoms with Crippen molar-refractivity contribution in [2.24, 2.45) is 0 Å². The summed E-state index contributed by atoms with van der Waals surface area (Å²) in [6, 6.07) is 0.344. The molecule has 0 bridgehead atoms. The van der Waals surface area contributed by atoms with Gasteiger partial charge in [0.25, 0.3) is 10.2 Å². The molecule has 0 aromatic carbocycles. The standard InChI is InChI=1S/C12H27N3O3S/c1-11(2)13-6-5-7-14(4)19(16,17)15-8-9-18-10-12(15)3/h11-13H,5-10H2,1-4H3. The van der Waals surface area contributed by atoms with E-state index >= 15 is 0 Å². The van der Waals surface area contributed by atoms with Crippen LogP contribution in [0.1, 0.15) is 27.2 Å². The summed E-state index contributed by atoms with van der Waals surface area (Å²) in [5.41, 5.74) is 0. The summed E-state index contributed by atoms with van der Waals surface area (Å²) in [6.45, 7) is 8.80. The first-order chi connectivity index (χ1) is 8.85. The van der Waals surface area contributed by atoms with Crippen LogP contribution in [0.4, 0.5) is 0 Å². The molecule has 1 saturated heterocycles. The molecule has 6 nitrogen and oxygen atoms in total. The van der Waals surface area contributed by atoms with Crippen molar-refractivity contribution >= 4 is 10.2 Å². The largest absolute Gasteiger partial charge is 0.378 e. The third-order valence-corrected chi connectivity index (χ3v) is 5.30. The number of hydrogen-bond donors (Lipinski definition) is 1. The molecule has 7 heteroatoms. The Bertz CT molecular complexity index is 359. The zero-order valence-electron chi connectivity index (χ0n) is 12.4. The molecule has 19 heavy (non-hydrogen) atoms. The fraction of sp³-hybridized carbons (Fsp3) is 1.00. The quantitative estimate of drug-likeness (QED) is 0.685. The van der Waals surface area contributed by atoms with Gasteiger partial charge in [-0.05, 0) is 19.9 Å². The Morgan fingerprint density at radius 3 is 2.74 bits per heavy atom. The van der Waals surface area contributed by atoms with Crippen LogP contribution in [0.5, 0.6) is 0 Å².